The summed E-state index contributed by atoms with van der Waals surface area (Å²) in [6.07, 6.45) is 0. The van der Waals surface area contributed by atoms with Crippen LogP contribution < -0.4 is 4.74 Å². The van der Waals surface area contributed by atoms with Gasteiger partial charge in [0.1, 0.15) is 5.75 Å². The molecule has 0 saturated heterocycles. The molecule has 0 N–H and O–H groups in total. The van der Waals surface area contributed by atoms with Crippen LogP contribution in [0.4, 0.5) is 0 Å². The van der Waals surface area contributed by atoms with Crippen molar-refractivity contribution < 1.29 is 13.9 Å². The van der Waals surface area contributed by atoms with Gasteiger partial charge in [-0.1, -0.05) is 49.3 Å². The van der Waals surface area contributed by atoms with Gasteiger partial charge in [-0.3, -0.25) is 4.79 Å². The molecule has 1 aromatic carbocycles. The summed E-state index contributed by atoms with van der Waals surface area (Å²) in [7, 11) is 3.46. The lowest BCUT2D eigenvalue weighted by Gasteiger charge is -2.21. The highest BCUT2D eigenvalue weighted by molar-refractivity contribution is 8.00. The fourth-order valence-electron chi connectivity index (χ4n) is 1.88. The highest BCUT2D eigenvalue weighted by Gasteiger charge is 2.27. The maximum Gasteiger partial charge on any atom is 0.277 e. The van der Waals surface area contributed by atoms with Crippen LogP contribution in [0.25, 0.3) is 0 Å². The average molecular weight is 370 g/mol. The molecule has 1 amide bonds. The van der Waals surface area contributed by atoms with Gasteiger partial charge in [0.25, 0.3) is 11.1 Å². The minimum absolute atomic E-state index is 0.0158. The van der Waals surface area contributed by atoms with Gasteiger partial charge in [0.15, 0.2) is 6.61 Å². The minimum Gasteiger partial charge on any atom is -0.482 e. The Morgan fingerprint density at radius 1 is 1.33 bits per heavy atom. The number of rotatable bonds is 7. The van der Waals surface area contributed by atoms with Crippen LogP contribution in [0.3, 0.4) is 0 Å². The van der Waals surface area contributed by atoms with Crippen LogP contribution in [-0.4, -0.2) is 40.3 Å². The fourth-order valence-corrected chi connectivity index (χ4v) is 3.10. The zero-order valence-corrected chi connectivity index (χ0v) is 15.6. The number of nitrogens with zero attached hydrogens (tertiary/aromatic N) is 3. The summed E-state index contributed by atoms with van der Waals surface area (Å²) < 4.78 is 11.1. The van der Waals surface area contributed by atoms with Crippen LogP contribution in [0.5, 0.6) is 5.75 Å². The molecule has 1 heterocycles. The Hall–Kier alpha value is -1.73. The lowest BCUT2D eigenvalue weighted by atomic mass is 10.1. The molecule has 0 aliphatic rings. The maximum absolute atomic E-state index is 12.2. The summed E-state index contributed by atoms with van der Waals surface area (Å²) in [5.74, 6) is 1.04. The van der Waals surface area contributed by atoms with Crippen molar-refractivity contribution in [2.75, 3.05) is 14.1 Å². The van der Waals surface area contributed by atoms with Crippen LogP contribution in [0.15, 0.2) is 33.9 Å². The van der Waals surface area contributed by atoms with E-state index >= 15 is 0 Å². The van der Waals surface area contributed by atoms with Crippen molar-refractivity contribution in [3.63, 3.8) is 0 Å². The van der Waals surface area contributed by atoms with Crippen LogP contribution in [0.2, 0.25) is 5.02 Å². The Bertz CT molecular complexity index is 691. The summed E-state index contributed by atoms with van der Waals surface area (Å²) in [6, 6.07) is 7.16. The second-order valence-corrected chi connectivity index (χ2v) is 7.20. The number of benzene rings is 1. The molecule has 6 nitrogen and oxygen atoms in total. The molecular weight excluding hydrogens is 350 g/mol. The van der Waals surface area contributed by atoms with E-state index in [1.165, 1.54) is 11.8 Å². The summed E-state index contributed by atoms with van der Waals surface area (Å²) in [6.45, 7) is 4.08. The third kappa shape index (κ3) is 4.88. The van der Waals surface area contributed by atoms with Crippen molar-refractivity contribution in [2.45, 2.75) is 30.9 Å². The number of ether oxygens (including phenoxy) is 1. The zero-order chi connectivity index (χ0) is 17.7. The van der Waals surface area contributed by atoms with E-state index in [1.54, 1.807) is 31.1 Å². The number of hydrogen-bond donors (Lipinski definition) is 0. The Morgan fingerprint density at radius 3 is 2.67 bits per heavy atom. The van der Waals surface area contributed by atoms with Crippen molar-refractivity contribution in [2.24, 2.45) is 5.92 Å². The van der Waals surface area contributed by atoms with Gasteiger partial charge in [0.2, 0.25) is 5.91 Å². The topological polar surface area (TPSA) is 68.5 Å². The molecule has 24 heavy (non-hydrogen) atoms. The lowest BCUT2D eigenvalue weighted by molar-refractivity contribution is -0.128. The van der Waals surface area contributed by atoms with E-state index in [4.69, 9.17) is 20.8 Å². The quantitative estimate of drug-likeness (QED) is 0.696. The highest BCUT2D eigenvalue weighted by Crippen LogP contribution is 2.29. The normalized spacial score (nSPS) is 12.2. The third-order valence-corrected chi connectivity index (χ3v) is 4.83. The minimum atomic E-state index is -0.280. The molecular formula is C16H20ClN3O3S. The lowest BCUT2D eigenvalue weighted by Crippen LogP contribution is -2.34. The second kappa shape index (κ2) is 8.39. The maximum atomic E-state index is 12.2. The Kier molecular flexibility index (Phi) is 6.51. The van der Waals surface area contributed by atoms with Gasteiger partial charge in [-0.25, -0.2) is 0 Å². The third-order valence-electron chi connectivity index (χ3n) is 3.15. The number of carbonyl (C=O) groups excluding carboxylic acids is 1. The van der Waals surface area contributed by atoms with Crippen molar-refractivity contribution in [3.8, 4) is 5.75 Å². The number of hydrogen-bond acceptors (Lipinski definition) is 6. The van der Waals surface area contributed by atoms with Crippen molar-refractivity contribution in [1.82, 2.24) is 15.1 Å². The van der Waals surface area contributed by atoms with Crippen LogP contribution in [0.1, 0.15) is 19.7 Å². The molecule has 0 fully saturated rings. The number of carbonyl (C=O) groups is 1. The van der Waals surface area contributed by atoms with Gasteiger partial charge < -0.3 is 14.1 Å². The predicted molar refractivity (Wildman–Crippen MR) is 93.3 cm³/mol. The van der Waals surface area contributed by atoms with Crippen molar-refractivity contribution >= 4 is 29.3 Å². The predicted octanol–water partition coefficient (Wildman–Crippen LogP) is 3.51. The van der Waals surface area contributed by atoms with Crippen LogP contribution in [-0.2, 0) is 11.4 Å². The molecule has 0 aliphatic heterocycles. The molecule has 0 saturated carbocycles. The number of para-hydroxylation sites is 1. The average Bonchev–Trinajstić information content (AvgIpc) is 2.98. The van der Waals surface area contributed by atoms with Crippen LogP contribution in [0, 0.1) is 5.92 Å². The van der Waals surface area contributed by atoms with E-state index in [-0.39, 0.29) is 23.7 Å². The van der Waals surface area contributed by atoms with E-state index in [0.717, 1.165) is 0 Å². The first-order valence-electron chi connectivity index (χ1n) is 7.46. The van der Waals surface area contributed by atoms with E-state index in [9.17, 15) is 4.79 Å². The van der Waals surface area contributed by atoms with Crippen molar-refractivity contribution in [3.05, 3.63) is 35.2 Å². The van der Waals surface area contributed by atoms with E-state index in [0.29, 0.717) is 21.9 Å². The smallest absolute Gasteiger partial charge is 0.277 e. The number of aromatic nitrogens is 2. The first-order chi connectivity index (χ1) is 11.4. The number of halogens is 1. The van der Waals surface area contributed by atoms with E-state index < -0.39 is 0 Å². The number of thioether (sulfide) groups is 1. The molecule has 0 unspecified atom stereocenters. The summed E-state index contributed by atoms with van der Waals surface area (Å²) >= 11 is 7.29. The molecule has 2 rings (SSSR count). The Morgan fingerprint density at radius 2 is 2.04 bits per heavy atom. The number of amides is 1. The standard InChI is InChI=1S/C16H20ClN3O3S/c1-10(2)14(15(21)20(3)4)24-16-19-18-13(23-16)9-22-12-8-6-5-7-11(12)17/h5-8,10,14H,9H2,1-4H3/t14-/m1/s1. The molecule has 2 aromatic rings. The van der Waals surface area contributed by atoms with Gasteiger partial charge in [0.05, 0.1) is 10.3 Å². The van der Waals surface area contributed by atoms with Crippen LogP contribution >= 0.6 is 23.4 Å². The van der Waals surface area contributed by atoms with Crippen molar-refractivity contribution in [1.29, 1.82) is 0 Å². The van der Waals surface area contributed by atoms with E-state index in [2.05, 4.69) is 10.2 Å². The molecule has 0 spiro atoms. The fraction of sp³-hybridized carbons (Fsp3) is 0.438. The monoisotopic (exact) mass is 369 g/mol. The largest absolute Gasteiger partial charge is 0.482 e. The van der Waals surface area contributed by atoms with Gasteiger partial charge in [0, 0.05) is 14.1 Å². The van der Waals surface area contributed by atoms with Gasteiger partial charge in [-0.15, -0.1) is 10.2 Å². The Balaban J connectivity index is 1.99. The summed E-state index contributed by atoms with van der Waals surface area (Å²) in [4.78, 5) is 13.8. The van der Waals surface area contributed by atoms with Gasteiger partial charge >= 0.3 is 0 Å². The first kappa shape index (κ1) is 18.6. The second-order valence-electron chi connectivity index (χ2n) is 5.70. The summed E-state index contributed by atoms with van der Waals surface area (Å²) in [5.41, 5.74) is 0. The SMILES string of the molecule is CC(C)[C@@H](Sc1nnc(COc2ccccc2Cl)o1)C(=O)N(C)C. The highest BCUT2D eigenvalue weighted by atomic mass is 35.5. The Labute approximate surface area is 150 Å². The molecule has 0 radical (unpaired) electrons. The molecule has 8 heteroatoms. The molecule has 0 bridgehead atoms. The van der Waals surface area contributed by atoms with E-state index in [1.807, 2.05) is 26.0 Å². The molecule has 0 aliphatic carbocycles. The zero-order valence-electron chi connectivity index (χ0n) is 14.0. The summed E-state index contributed by atoms with van der Waals surface area (Å²) in [5, 5.41) is 8.51. The molecule has 1 aromatic heterocycles. The molecule has 130 valence electrons. The first-order valence-corrected chi connectivity index (χ1v) is 8.71. The molecule has 1 atom stereocenters. The van der Waals surface area contributed by atoms with Gasteiger partial charge in [-0.05, 0) is 18.1 Å². The van der Waals surface area contributed by atoms with Gasteiger partial charge in [-0.2, -0.15) is 0 Å².